The number of quaternary nitrogens is 1. The number of ether oxygens (including phenoxy) is 2. The topological polar surface area (TPSA) is 111 Å². The van der Waals surface area contributed by atoms with Crippen molar-refractivity contribution in [1.82, 2.24) is 0 Å². The van der Waals surface area contributed by atoms with Gasteiger partial charge >= 0.3 is 11.9 Å². The number of nitrogens with zero attached hydrogens (tertiary/aromatic N) is 1. The van der Waals surface area contributed by atoms with E-state index in [0.29, 0.717) is 17.4 Å². The number of esters is 2. The van der Waals surface area contributed by atoms with E-state index in [1.165, 1.54) is 257 Å². The third-order valence-electron chi connectivity index (χ3n) is 15.2. The molecule has 460 valence electrons. The van der Waals surface area contributed by atoms with Gasteiger partial charge in [-0.15, -0.1) is 0 Å². The SMILES string of the molecule is CCCCCCC/C=C\C/C=C\C/C=C\CCCCCCCCCCCCCCCCCCCCCCCCC(=O)OC(COC(=O)CCCCCCCCCCCCCCCCCCC)COP(=O)([O-])OCC[N+](C)(C)C. The van der Waals surface area contributed by atoms with Crippen molar-refractivity contribution in [1.29, 1.82) is 0 Å². The Kier molecular flexibility index (Phi) is 58.5. The van der Waals surface area contributed by atoms with E-state index in [2.05, 4.69) is 50.3 Å². The second-order valence-corrected chi connectivity index (χ2v) is 25.6. The minimum absolute atomic E-state index is 0.0272. The average Bonchev–Trinajstić information content (AvgIpc) is 3.41. The zero-order chi connectivity index (χ0) is 57.0. The third-order valence-corrected chi connectivity index (χ3v) is 16.1. The van der Waals surface area contributed by atoms with Crippen molar-refractivity contribution < 1.29 is 42.1 Å². The second kappa shape index (κ2) is 59.8. The van der Waals surface area contributed by atoms with E-state index in [4.69, 9.17) is 18.5 Å². The Balaban J connectivity index is 3.93. The molecular weight excluding hydrogens is 990 g/mol. The van der Waals surface area contributed by atoms with Gasteiger partial charge in [-0.05, 0) is 51.4 Å². The average molecular weight is 1120 g/mol. The molecule has 0 amide bonds. The molecular formula is C68H130NO8P. The number of hydrogen-bond donors (Lipinski definition) is 0. The summed E-state index contributed by atoms with van der Waals surface area (Å²) in [4.78, 5) is 37.9. The molecule has 9 nitrogen and oxygen atoms in total. The summed E-state index contributed by atoms with van der Waals surface area (Å²) in [6, 6.07) is 0. The summed E-state index contributed by atoms with van der Waals surface area (Å²) in [6.45, 7) is 4.29. The lowest BCUT2D eigenvalue weighted by Crippen LogP contribution is -2.37. The van der Waals surface area contributed by atoms with Crippen LogP contribution in [0.15, 0.2) is 36.5 Å². The minimum atomic E-state index is -4.63. The summed E-state index contributed by atoms with van der Waals surface area (Å²) >= 11 is 0. The molecule has 0 aromatic rings. The van der Waals surface area contributed by atoms with Gasteiger partial charge in [0.05, 0.1) is 27.7 Å². The molecule has 0 aliphatic rings. The highest BCUT2D eigenvalue weighted by Gasteiger charge is 2.22. The van der Waals surface area contributed by atoms with Gasteiger partial charge in [-0.1, -0.05) is 307 Å². The molecule has 0 aliphatic carbocycles. The van der Waals surface area contributed by atoms with Gasteiger partial charge in [0.1, 0.15) is 19.8 Å². The summed E-state index contributed by atoms with van der Waals surface area (Å²) < 4.78 is 34.2. The molecule has 2 unspecified atom stereocenters. The zero-order valence-electron chi connectivity index (χ0n) is 52.4. The van der Waals surface area contributed by atoms with Crippen LogP contribution in [0.25, 0.3) is 0 Å². The van der Waals surface area contributed by atoms with E-state index >= 15 is 0 Å². The van der Waals surface area contributed by atoms with Gasteiger partial charge in [0.2, 0.25) is 0 Å². The van der Waals surface area contributed by atoms with Crippen LogP contribution in [0.5, 0.6) is 0 Å². The van der Waals surface area contributed by atoms with Crippen molar-refractivity contribution in [2.45, 2.75) is 341 Å². The summed E-state index contributed by atoms with van der Waals surface area (Å²) in [5, 5.41) is 0. The number of likely N-dealkylation sites (N-methyl/N-ethyl adjacent to an activating group) is 1. The van der Waals surface area contributed by atoms with Crippen LogP contribution in [0.3, 0.4) is 0 Å². The fraction of sp³-hybridized carbons (Fsp3) is 0.882. The number of phosphoric acid groups is 1. The van der Waals surface area contributed by atoms with Crippen molar-refractivity contribution in [3.8, 4) is 0 Å². The van der Waals surface area contributed by atoms with Gasteiger partial charge in [0.25, 0.3) is 7.82 Å². The Morgan fingerprint density at radius 1 is 0.397 bits per heavy atom. The number of carbonyl (C=O) groups excluding carboxylic acids is 2. The van der Waals surface area contributed by atoms with Crippen LogP contribution in [0.2, 0.25) is 0 Å². The fourth-order valence-corrected chi connectivity index (χ4v) is 10.7. The lowest BCUT2D eigenvalue weighted by atomic mass is 10.0. The minimum Gasteiger partial charge on any atom is -0.756 e. The number of allylic oxidation sites excluding steroid dienone is 6. The van der Waals surface area contributed by atoms with E-state index in [9.17, 15) is 19.0 Å². The summed E-state index contributed by atoms with van der Waals surface area (Å²) in [5.41, 5.74) is 0. The van der Waals surface area contributed by atoms with Crippen molar-refractivity contribution in [3.05, 3.63) is 36.5 Å². The van der Waals surface area contributed by atoms with Crippen LogP contribution in [-0.2, 0) is 32.7 Å². The van der Waals surface area contributed by atoms with Gasteiger partial charge in [-0.2, -0.15) is 0 Å². The molecule has 0 spiro atoms. The normalized spacial score (nSPS) is 13.4. The molecule has 0 rings (SSSR count). The van der Waals surface area contributed by atoms with E-state index < -0.39 is 26.5 Å². The standard InChI is InChI=1S/C68H130NO8P/c1-6-8-10-12-14-16-18-20-22-24-25-26-27-28-29-30-31-32-33-34-35-36-37-38-39-40-41-42-43-45-47-49-51-53-55-57-59-61-68(71)77-66(65-76-78(72,73)75-63-62-69(3,4)5)64-74-67(70)60-58-56-54-52-50-48-46-44-23-21-19-17-15-13-11-9-7-2/h18,20,24-25,27-28,66H,6-17,19,21-23,26,29-65H2,1-5H3/b20-18-,25-24-,28-27-. The first-order valence-electron chi connectivity index (χ1n) is 33.7. The van der Waals surface area contributed by atoms with E-state index in [1.54, 1.807) is 0 Å². The Labute approximate surface area is 484 Å². The maximum Gasteiger partial charge on any atom is 0.306 e. The van der Waals surface area contributed by atoms with E-state index in [1.807, 2.05) is 21.1 Å². The highest BCUT2D eigenvalue weighted by molar-refractivity contribution is 7.45. The van der Waals surface area contributed by atoms with Crippen LogP contribution >= 0.6 is 7.82 Å². The molecule has 0 N–H and O–H groups in total. The Bertz CT molecular complexity index is 1410. The molecule has 78 heavy (non-hydrogen) atoms. The molecule has 10 heteroatoms. The zero-order valence-corrected chi connectivity index (χ0v) is 53.3. The monoisotopic (exact) mass is 1120 g/mol. The fourth-order valence-electron chi connectivity index (χ4n) is 9.96. The molecule has 0 bridgehead atoms. The lowest BCUT2D eigenvalue weighted by Gasteiger charge is -2.28. The summed E-state index contributed by atoms with van der Waals surface area (Å²) in [7, 11) is 1.19. The number of carbonyl (C=O) groups is 2. The van der Waals surface area contributed by atoms with Crippen LogP contribution in [0.4, 0.5) is 0 Å². The molecule has 0 aromatic carbocycles. The smallest absolute Gasteiger partial charge is 0.306 e. The third kappa shape index (κ3) is 63.4. The predicted octanol–water partition coefficient (Wildman–Crippen LogP) is 20.9. The van der Waals surface area contributed by atoms with Crippen LogP contribution < -0.4 is 4.89 Å². The first kappa shape index (κ1) is 76.2. The maximum absolute atomic E-state index is 12.8. The Morgan fingerprint density at radius 2 is 0.692 bits per heavy atom. The van der Waals surface area contributed by atoms with Crippen LogP contribution in [-0.4, -0.2) is 70.0 Å². The number of phosphoric ester groups is 1. The largest absolute Gasteiger partial charge is 0.756 e. The van der Waals surface area contributed by atoms with Gasteiger partial charge in [-0.3, -0.25) is 14.2 Å². The number of rotatable bonds is 63. The highest BCUT2D eigenvalue weighted by Crippen LogP contribution is 2.38. The van der Waals surface area contributed by atoms with Crippen molar-refractivity contribution in [3.63, 3.8) is 0 Å². The van der Waals surface area contributed by atoms with Gasteiger partial charge in [0, 0.05) is 12.8 Å². The van der Waals surface area contributed by atoms with Crippen molar-refractivity contribution in [2.24, 2.45) is 0 Å². The molecule has 0 aliphatic heterocycles. The van der Waals surface area contributed by atoms with E-state index in [-0.39, 0.29) is 32.0 Å². The maximum atomic E-state index is 12.8. The van der Waals surface area contributed by atoms with Gasteiger partial charge < -0.3 is 27.9 Å². The Morgan fingerprint density at radius 3 is 1.03 bits per heavy atom. The molecule has 0 heterocycles. The second-order valence-electron chi connectivity index (χ2n) is 24.2. The highest BCUT2D eigenvalue weighted by atomic mass is 31.2. The molecule has 0 aromatic heterocycles. The predicted molar refractivity (Wildman–Crippen MR) is 333 cm³/mol. The quantitative estimate of drug-likeness (QED) is 0.0195. The van der Waals surface area contributed by atoms with Gasteiger partial charge in [-0.25, -0.2) is 0 Å². The lowest BCUT2D eigenvalue weighted by molar-refractivity contribution is -0.870. The molecule has 0 radical (unpaired) electrons. The van der Waals surface area contributed by atoms with Crippen molar-refractivity contribution >= 4 is 19.8 Å². The first-order chi connectivity index (χ1) is 38.0. The molecule has 2 atom stereocenters. The number of hydrogen-bond acceptors (Lipinski definition) is 8. The Hall–Kier alpha value is -1.77. The summed E-state index contributed by atoms with van der Waals surface area (Å²) in [6.07, 6.45) is 75.1. The summed E-state index contributed by atoms with van der Waals surface area (Å²) in [5.74, 6) is -0.812. The molecule has 0 saturated heterocycles. The van der Waals surface area contributed by atoms with Crippen LogP contribution in [0, 0.1) is 0 Å². The molecule has 0 saturated carbocycles. The van der Waals surface area contributed by atoms with Crippen LogP contribution in [0.1, 0.15) is 335 Å². The van der Waals surface area contributed by atoms with E-state index in [0.717, 1.165) is 44.9 Å². The number of unbranched alkanes of at least 4 members (excludes halogenated alkanes) is 43. The first-order valence-corrected chi connectivity index (χ1v) is 35.2. The molecule has 0 fully saturated rings. The van der Waals surface area contributed by atoms with Crippen molar-refractivity contribution in [2.75, 3.05) is 47.5 Å². The van der Waals surface area contributed by atoms with Gasteiger partial charge in [0.15, 0.2) is 6.10 Å².